The molecule has 1 saturated carbocycles. The van der Waals surface area contributed by atoms with Crippen molar-refractivity contribution in [3.8, 4) is 17.0 Å². The summed E-state index contributed by atoms with van der Waals surface area (Å²) < 4.78 is 5.51. The summed E-state index contributed by atoms with van der Waals surface area (Å²) in [5, 5.41) is 3.39. The SMILES string of the molecule is Cc1sc(NC(=O)COc2ccccc2)nc1-c1ccc2c(c1)C[C@@H](C)N2C(=O)C1CC1. The number of nitrogens with zero attached hydrogens (tertiary/aromatic N) is 2. The zero-order chi connectivity index (χ0) is 22.2. The van der Waals surface area contributed by atoms with Crippen molar-refractivity contribution in [1.82, 2.24) is 4.98 Å². The number of hydrogen-bond acceptors (Lipinski definition) is 5. The van der Waals surface area contributed by atoms with E-state index in [-0.39, 0.29) is 30.4 Å². The van der Waals surface area contributed by atoms with E-state index in [0.717, 1.165) is 41.1 Å². The first-order chi connectivity index (χ1) is 15.5. The van der Waals surface area contributed by atoms with Crippen LogP contribution in [-0.2, 0) is 16.0 Å². The number of para-hydroxylation sites is 1. The molecule has 2 aromatic carbocycles. The zero-order valence-electron chi connectivity index (χ0n) is 18.1. The van der Waals surface area contributed by atoms with Gasteiger partial charge in [-0.05, 0) is 62.9 Å². The second-order valence-electron chi connectivity index (χ2n) is 8.45. The molecule has 6 nitrogen and oxygen atoms in total. The Bertz CT molecular complexity index is 1170. The fourth-order valence-electron chi connectivity index (χ4n) is 4.18. The number of carbonyl (C=O) groups excluding carboxylic acids is 2. The molecular formula is C25H25N3O3S. The van der Waals surface area contributed by atoms with E-state index < -0.39 is 0 Å². The van der Waals surface area contributed by atoms with Crippen molar-refractivity contribution in [3.05, 3.63) is 59.0 Å². The number of ether oxygens (including phenoxy) is 1. The maximum Gasteiger partial charge on any atom is 0.264 e. The van der Waals surface area contributed by atoms with Gasteiger partial charge in [0.2, 0.25) is 5.91 Å². The van der Waals surface area contributed by atoms with Crippen molar-refractivity contribution < 1.29 is 14.3 Å². The topological polar surface area (TPSA) is 71.5 Å². The van der Waals surface area contributed by atoms with E-state index in [4.69, 9.17) is 4.74 Å². The number of fused-ring (bicyclic) bond motifs is 1. The minimum Gasteiger partial charge on any atom is -0.484 e. The third kappa shape index (κ3) is 4.12. The molecule has 1 fully saturated rings. The maximum absolute atomic E-state index is 12.7. The average Bonchev–Trinajstić information content (AvgIpc) is 3.50. The van der Waals surface area contributed by atoms with Gasteiger partial charge in [-0.15, -0.1) is 11.3 Å². The van der Waals surface area contributed by atoms with Gasteiger partial charge in [-0.1, -0.05) is 24.3 Å². The fourth-order valence-corrected chi connectivity index (χ4v) is 5.03. The lowest BCUT2D eigenvalue weighted by molar-refractivity contribution is -0.120. The number of amides is 2. The Morgan fingerprint density at radius 2 is 1.97 bits per heavy atom. The summed E-state index contributed by atoms with van der Waals surface area (Å²) in [5.41, 5.74) is 4.07. The van der Waals surface area contributed by atoms with Crippen molar-refractivity contribution in [1.29, 1.82) is 0 Å². The van der Waals surface area contributed by atoms with Gasteiger partial charge < -0.3 is 9.64 Å². The summed E-state index contributed by atoms with van der Waals surface area (Å²) in [7, 11) is 0. The van der Waals surface area contributed by atoms with E-state index in [9.17, 15) is 9.59 Å². The number of rotatable bonds is 6. The molecule has 2 heterocycles. The van der Waals surface area contributed by atoms with Crippen molar-refractivity contribution in [2.75, 3.05) is 16.8 Å². The molecule has 0 radical (unpaired) electrons. The fraction of sp³-hybridized carbons (Fsp3) is 0.320. The molecule has 0 bridgehead atoms. The molecule has 5 rings (SSSR count). The minimum atomic E-state index is -0.244. The maximum atomic E-state index is 12.7. The van der Waals surface area contributed by atoms with Gasteiger partial charge in [-0.25, -0.2) is 4.98 Å². The second-order valence-corrected chi connectivity index (χ2v) is 9.66. The third-order valence-corrected chi connectivity index (χ3v) is 6.77. The van der Waals surface area contributed by atoms with Gasteiger partial charge in [0.1, 0.15) is 5.75 Å². The predicted octanol–water partition coefficient (Wildman–Crippen LogP) is 4.82. The number of thiazole rings is 1. The summed E-state index contributed by atoms with van der Waals surface area (Å²) in [4.78, 5) is 32.7. The quantitative estimate of drug-likeness (QED) is 0.588. The lowest BCUT2D eigenvalue weighted by atomic mass is 10.0. The van der Waals surface area contributed by atoms with Gasteiger partial charge in [0.15, 0.2) is 11.7 Å². The summed E-state index contributed by atoms with van der Waals surface area (Å²) >= 11 is 1.45. The Kier molecular flexibility index (Phi) is 5.43. The lowest BCUT2D eigenvalue weighted by Gasteiger charge is -2.22. The summed E-state index contributed by atoms with van der Waals surface area (Å²) in [6.07, 6.45) is 2.88. The molecule has 2 aliphatic rings. The molecule has 32 heavy (non-hydrogen) atoms. The van der Waals surface area contributed by atoms with E-state index in [1.165, 1.54) is 16.9 Å². The summed E-state index contributed by atoms with van der Waals surface area (Å²) in [6.45, 7) is 4.04. The Labute approximate surface area is 191 Å². The smallest absolute Gasteiger partial charge is 0.264 e. The predicted molar refractivity (Wildman–Crippen MR) is 126 cm³/mol. The molecule has 0 unspecified atom stereocenters. The monoisotopic (exact) mass is 447 g/mol. The molecule has 164 valence electrons. The van der Waals surface area contributed by atoms with Crippen LogP contribution in [0.25, 0.3) is 11.3 Å². The van der Waals surface area contributed by atoms with Crippen molar-refractivity contribution in [3.63, 3.8) is 0 Å². The van der Waals surface area contributed by atoms with E-state index in [2.05, 4.69) is 23.3 Å². The highest BCUT2D eigenvalue weighted by Crippen LogP contribution is 2.41. The molecule has 0 spiro atoms. The van der Waals surface area contributed by atoms with Gasteiger partial charge in [0, 0.05) is 28.1 Å². The van der Waals surface area contributed by atoms with E-state index in [0.29, 0.717) is 10.9 Å². The first kappa shape index (κ1) is 20.7. The van der Waals surface area contributed by atoms with E-state index in [1.807, 2.05) is 54.3 Å². The standard InChI is InChI=1S/C25H25N3O3S/c1-15-12-19-13-18(10-11-21(19)28(15)24(30)17-8-9-17)23-16(2)32-25(27-23)26-22(29)14-31-20-6-4-3-5-7-20/h3-7,10-11,13,15,17H,8-9,12,14H2,1-2H3,(H,26,27,29)/t15-/m1/s1. The highest BCUT2D eigenvalue weighted by Gasteiger charge is 2.39. The normalized spacial score (nSPS) is 17.2. The second kappa shape index (κ2) is 8.39. The molecule has 3 aromatic rings. The van der Waals surface area contributed by atoms with Crippen LogP contribution in [0.15, 0.2) is 48.5 Å². The summed E-state index contributed by atoms with van der Waals surface area (Å²) in [5.74, 6) is 0.879. The molecular weight excluding hydrogens is 422 g/mol. The molecule has 1 aliphatic heterocycles. The van der Waals surface area contributed by atoms with Gasteiger partial charge >= 0.3 is 0 Å². The van der Waals surface area contributed by atoms with Crippen molar-refractivity contribution in [2.24, 2.45) is 5.92 Å². The van der Waals surface area contributed by atoms with Gasteiger partial charge in [0.05, 0.1) is 5.69 Å². The molecule has 0 saturated heterocycles. The molecule has 7 heteroatoms. The number of aromatic nitrogens is 1. The lowest BCUT2D eigenvalue weighted by Crippen LogP contribution is -2.36. The number of anilines is 2. The zero-order valence-corrected chi connectivity index (χ0v) is 18.9. The number of nitrogens with one attached hydrogen (secondary N) is 1. The van der Waals surface area contributed by atoms with Crippen LogP contribution in [0.3, 0.4) is 0 Å². The Morgan fingerprint density at radius 1 is 1.19 bits per heavy atom. The number of benzene rings is 2. The van der Waals surface area contributed by atoms with Crippen molar-refractivity contribution in [2.45, 2.75) is 39.2 Å². The van der Waals surface area contributed by atoms with Crippen LogP contribution >= 0.6 is 11.3 Å². The first-order valence-corrected chi connectivity index (χ1v) is 11.7. The number of carbonyl (C=O) groups is 2. The van der Waals surface area contributed by atoms with Gasteiger partial charge in [-0.3, -0.25) is 14.9 Å². The van der Waals surface area contributed by atoms with E-state index >= 15 is 0 Å². The van der Waals surface area contributed by atoms with Crippen LogP contribution in [-0.4, -0.2) is 29.4 Å². The highest BCUT2D eigenvalue weighted by atomic mass is 32.1. The third-order valence-electron chi connectivity index (χ3n) is 5.89. The number of hydrogen-bond donors (Lipinski definition) is 1. The Hall–Kier alpha value is -3.19. The molecule has 1 aliphatic carbocycles. The van der Waals surface area contributed by atoms with Crippen LogP contribution in [0.5, 0.6) is 5.75 Å². The van der Waals surface area contributed by atoms with Crippen LogP contribution in [0, 0.1) is 12.8 Å². The van der Waals surface area contributed by atoms with Gasteiger partial charge in [-0.2, -0.15) is 0 Å². The molecule has 1 N–H and O–H groups in total. The van der Waals surface area contributed by atoms with Crippen LogP contribution in [0.1, 0.15) is 30.2 Å². The molecule has 2 amide bonds. The van der Waals surface area contributed by atoms with Crippen molar-refractivity contribution >= 4 is 34.0 Å². The van der Waals surface area contributed by atoms with Gasteiger partial charge in [0.25, 0.3) is 5.91 Å². The van der Waals surface area contributed by atoms with Crippen LogP contribution in [0.4, 0.5) is 10.8 Å². The number of aryl methyl sites for hydroxylation is 1. The van der Waals surface area contributed by atoms with E-state index in [1.54, 1.807) is 0 Å². The Morgan fingerprint density at radius 3 is 2.72 bits per heavy atom. The van der Waals surface area contributed by atoms with Crippen LogP contribution < -0.4 is 15.0 Å². The van der Waals surface area contributed by atoms with Crippen LogP contribution in [0.2, 0.25) is 0 Å². The highest BCUT2D eigenvalue weighted by molar-refractivity contribution is 7.16. The Balaban J connectivity index is 1.29. The first-order valence-electron chi connectivity index (χ1n) is 10.9. The summed E-state index contributed by atoms with van der Waals surface area (Å²) in [6, 6.07) is 15.6. The molecule has 1 aromatic heterocycles. The molecule has 1 atom stereocenters. The largest absolute Gasteiger partial charge is 0.484 e. The minimum absolute atomic E-state index is 0.0699. The average molecular weight is 448 g/mol.